The molecule has 10 heavy (non-hydrogen) atoms. The van der Waals surface area contributed by atoms with Crippen molar-refractivity contribution in [3.8, 4) is 0 Å². The van der Waals surface area contributed by atoms with Crippen LogP contribution < -0.4 is 0 Å². The lowest BCUT2D eigenvalue weighted by atomic mass is 10.5. The molecular weight excluding hydrogens is 178 g/mol. The van der Waals surface area contributed by atoms with Crippen LogP contribution in [-0.4, -0.2) is 23.4 Å². The largest absolute Gasteiger partial charge is 0.325 e. The Kier molecular flexibility index (Phi) is 4.13. The maximum absolute atomic E-state index is 10.4. The van der Waals surface area contributed by atoms with Crippen molar-refractivity contribution in [2.75, 3.05) is 13.3 Å². The summed E-state index contributed by atoms with van der Waals surface area (Å²) >= 11 is 4.92. The van der Waals surface area contributed by atoms with Crippen molar-refractivity contribution in [1.82, 2.24) is 0 Å². The fraction of sp³-hybridized carbons (Fsp3) is 0.750. The van der Waals surface area contributed by atoms with Crippen LogP contribution in [0.1, 0.15) is 6.42 Å². The van der Waals surface area contributed by atoms with Gasteiger partial charge < -0.3 is 9.42 Å². The van der Waals surface area contributed by atoms with Gasteiger partial charge in [0.15, 0.2) is 0 Å². The molecule has 0 radical (unpaired) electrons. The van der Waals surface area contributed by atoms with Gasteiger partial charge in [0.1, 0.15) is 0 Å². The molecule has 4 nitrogen and oxygen atoms in total. The molecule has 1 atom stereocenters. The second-order valence-corrected chi connectivity index (χ2v) is 4.03. The number of carbonyl (C=O) groups is 1. The number of carbonyl (C=O) groups excluding carboxylic acids is 1. The van der Waals surface area contributed by atoms with E-state index in [4.69, 9.17) is 16.5 Å². The normalized spacial score (nSPS) is 16.3. The van der Waals surface area contributed by atoms with Crippen LogP contribution in [-0.2, 0) is 13.9 Å². The van der Waals surface area contributed by atoms with E-state index in [1.807, 2.05) is 0 Å². The molecule has 0 bridgehead atoms. The van der Waals surface area contributed by atoms with Crippen LogP contribution in [0.4, 0.5) is 0 Å². The molecule has 0 amide bonds. The third-order valence-corrected chi connectivity index (χ3v) is 1.48. The van der Waals surface area contributed by atoms with Crippen LogP contribution in [0.15, 0.2) is 0 Å². The first-order valence-electron chi connectivity index (χ1n) is 2.55. The zero-order chi connectivity index (χ0) is 8.20. The second kappa shape index (κ2) is 4.09. The van der Waals surface area contributed by atoms with Crippen molar-refractivity contribution in [3.05, 3.63) is 0 Å². The molecule has 0 rings (SSSR count). The summed E-state index contributed by atoms with van der Waals surface area (Å²) in [5, 5.41) is -0.576. The summed E-state index contributed by atoms with van der Waals surface area (Å²) < 4.78 is 14.7. The van der Waals surface area contributed by atoms with E-state index in [0.29, 0.717) is 0 Å². The summed E-state index contributed by atoms with van der Waals surface area (Å²) in [7, 11) is -3.43. The Morgan fingerprint density at radius 2 is 2.30 bits per heavy atom. The Bertz CT molecular complexity index is 163. The van der Waals surface area contributed by atoms with Gasteiger partial charge in [0, 0.05) is 13.1 Å². The van der Waals surface area contributed by atoms with E-state index in [9.17, 15) is 9.36 Å². The summed E-state index contributed by atoms with van der Waals surface area (Å²) in [6.45, 7) is 0.943. The minimum absolute atomic E-state index is 0.0417. The van der Waals surface area contributed by atoms with Crippen molar-refractivity contribution in [2.45, 2.75) is 6.42 Å². The molecule has 0 spiro atoms. The van der Waals surface area contributed by atoms with E-state index in [1.54, 1.807) is 0 Å². The first kappa shape index (κ1) is 10.1. The summed E-state index contributed by atoms with van der Waals surface area (Å²) in [6.07, 6.45) is -0.0417. The minimum atomic E-state index is -3.43. The van der Waals surface area contributed by atoms with Gasteiger partial charge in [0.2, 0.25) is 5.24 Å². The van der Waals surface area contributed by atoms with Gasteiger partial charge in [-0.25, -0.2) is 0 Å². The highest BCUT2D eigenvalue weighted by Gasteiger charge is 2.09. The monoisotopic (exact) mass is 186 g/mol. The molecule has 0 aliphatic rings. The Morgan fingerprint density at radius 3 is 2.60 bits per heavy atom. The van der Waals surface area contributed by atoms with Crippen LogP contribution in [0, 0.1) is 0 Å². The molecule has 0 saturated carbocycles. The summed E-state index contributed by atoms with van der Waals surface area (Å²) in [5.41, 5.74) is 0. The molecule has 1 unspecified atom stereocenters. The average Bonchev–Trinajstić information content (AvgIpc) is 1.59. The van der Waals surface area contributed by atoms with Gasteiger partial charge in [-0.15, -0.1) is 0 Å². The quantitative estimate of drug-likeness (QED) is 0.525. The van der Waals surface area contributed by atoms with Crippen LogP contribution in [0.3, 0.4) is 0 Å². The highest BCUT2D eigenvalue weighted by molar-refractivity contribution is 7.51. The van der Waals surface area contributed by atoms with E-state index in [2.05, 4.69) is 4.52 Å². The van der Waals surface area contributed by atoms with Gasteiger partial charge in [0.05, 0.1) is 6.61 Å². The highest BCUT2D eigenvalue weighted by Crippen LogP contribution is 2.36. The summed E-state index contributed by atoms with van der Waals surface area (Å²) in [4.78, 5) is 18.6. The molecule has 0 aromatic rings. The lowest BCUT2D eigenvalue weighted by Crippen LogP contribution is -1.95. The van der Waals surface area contributed by atoms with Gasteiger partial charge in [0.25, 0.3) is 0 Å². The standard InChI is InChI=1S/C4H8ClO4P/c1-10(7,8)9-3-2-4(5)6/h2-3H2,1H3,(H,7,8). The summed E-state index contributed by atoms with van der Waals surface area (Å²) in [5.74, 6) is 0. The molecule has 0 fully saturated rings. The maximum atomic E-state index is 10.4. The molecule has 0 aromatic carbocycles. The predicted molar refractivity (Wildman–Crippen MR) is 37.2 cm³/mol. The highest BCUT2D eigenvalue weighted by atomic mass is 35.5. The van der Waals surface area contributed by atoms with E-state index >= 15 is 0 Å². The van der Waals surface area contributed by atoms with Crippen LogP contribution >= 0.6 is 19.2 Å². The van der Waals surface area contributed by atoms with Crippen molar-refractivity contribution in [2.24, 2.45) is 0 Å². The van der Waals surface area contributed by atoms with Gasteiger partial charge >= 0.3 is 7.60 Å². The molecule has 1 N–H and O–H groups in total. The topological polar surface area (TPSA) is 63.6 Å². The molecule has 0 aliphatic carbocycles. The van der Waals surface area contributed by atoms with Gasteiger partial charge in [-0.3, -0.25) is 9.36 Å². The average molecular weight is 187 g/mol. The maximum Gasteiger partial charge on any atom is 0.325 e. The first-order chi connectivity index (χ1) is 4.42. The molecule has 0 saturated heterocycles. The Labute approximate surface area is 63.7 Å². The Morgan fingerprint density at radius 1 is 1.80 bits per heavy atom. The Hall–Kier alpha value is 0.110. The third-order valence-electron chi connectivity index (χ3n) is 0.629. The number of hydrogen-bond donors (Lipinski definition) is 1. The number of hydrogen-bond acceptors (Lipinski definition) is 3. The fourth-order valence-electron chi connectivity index (χ4n) is 0.295. The van der Waals surface area contributed by atoms with Crippen molar-refractivity contribution in [3.63, 3.8) is 0 Å². The first-order valence-corrected chi connectivity index (χ1v) is 4.95. The smallest absolute Gasteiger partial charge is 0.324 e. The molecule has 6 heteroatoms. The van der Waals surface area contributed by atoms with Crippen LogP contribution in [0.2, 0.25) is 0 Å². The zero-order valence-corrected chi connectivity index (χ0v) is 7.06. The number of halogens is 1. The fourth-order valence-corrected chi connectivity index (χ4v) is 0.802. The minimum Gasteiger partial charge on any atom is -0.324 e. The Balaban J connectivity index is 3.39. The van der Waals surface area contributed by atoms with E-state index in [1.165, 1.54) is 0 Å². The van der Waals surface area contributed by atoms with Crippen molar-refractivity contribution < 1.29 is 18.8 Å². The van der Waals surface area contributed by atoms with Crippen molar-refractivity contribution in [1.29, 1.82) is 0 Å². The lowest BCUT2D eigenvalue weighted by Gasteiger charge is -2.03. The van der Waals surface area contributed by atoms with Crippen LogP contribution in [0.5, 0.6) is 0 Å². The van der Waals surface area contributed by atoms with Crippen molar-refractivity contribution >= 4 is 24.4 Å². The molecular formula is C4H8ClO4P. The summed E-state index contributed by atoms with van der Waals surface area (Å²) in [6, 6.07) is 0. The molecule has 0 aromatic heterocycles. The predicted octanol–water partition coefficient (Wildman–Crippen LogP) is 0.974. The zero-order valence-electron chi connectivity index (χ0n) is 5.41. The lowest BCUT2D eigenvalue weighted by molar-refractivity contribution is -0.112. The molecule has 0 heterocycles. The van der Waals surface area contributed by atoms with E-state index in [-0.39, 0.29) is 13.0 Å². The SMILES string of the molecule is CP(=O)(O)OCCC(=O)Cl. The van der Waals surface area contributed by atoms with E-state index < -0.39 is 12.8 Å². The third kappa shape index (κ3) is 8.11. The van der Waals surface area contributed by atoms with Gasteiger partial charge in [-0.1, -0.05) is 0 Å². The number of rotatable bonds is 4. The van der Waals surface area contributed by atoms with Gasteiger partial charge in [-0.2, -0.15) is 0 Å². The second-order valence-electron chi connectivity index (χ2n) is 1.74. The van der Waals surface area contributed by atoms with E-state index in [0.717, 1.165) is 6.66 Å². The molecule has 0 aliphatic heterocycles. The molecule has 60 valence electrons. The van der Waals surface area contributed by atoms with Crippen LogP contribution in [0.25, 0.3) is 0 Å². The van der Waals surface area contributed by atoms with Gasteiger partial charge in [-0.05, 0) is 11.6 Å².